The molecule has 4 N–H and O–H groups in total. The Hall–Kier alpha value is -2.56. The van der Waals surface area contributed by atoms with E-state index < -0.39 is 11.7 Å². The summed E-state index contributed by atoms with van der Waals surface area (Å²) in [6.45, 7) is 0. The number of amides is 1. The number of anilines is 2. The zero-order valence-corrected chi connectivity index (χ0v) is 9.35. The zero-order valence-electron chi connectivity index (χ0n) is 9.35. The Labute approximate surface area is 103 Å². The van der Waals surface area contributed by atoms with Crippen LogP contribution < -0.4 is 11.1 Å². The molecule has 0 aliphatic rings. The fourth-order valence-electron chi connectivity index (χ4n) is 1.46. The number of halogens is 1. The van der Waals surface area contributed by atoms with E-state index >= 15 is 0 Å². The van der Waals surface area contributed by atoms with Crippen LogP contribution in [0.15, 0.2) is 42.5 Å². The molecule has 5 heteroatoms. The summed E-state index contributed by atoms with van der Waals surface area (Å²) in [6, 6.07) is 9.75. The van der Waals surface area contributed by atoms with Gasteiger partial charge in [0.05, 0.1) is 5.56 Å². The normalized spacial score (nSPS) is 10.1. The molecule has 0 fully saturated rings. The number of carbonyl (C=O) groups is 1. The van der Waals surface area contributed by atoms with Crippen LogP contribution in [0.5, 0.6) is 5.75 Å². The van der Waals surface area contributed by atoms with E-state index in [1.165, 1.54) is 36.4 Å². The van der Waals surface area contributed by atoms with Crippen LogP contribution >= 0.6 is 0 Å². The predicted molar refractivity (Wildman–Crippen MR) is 66.9 cm³/mol. The van der Waals surface area contributed by atoms with E-state index in [0.29, 0.717) is 5.69 Å². The van der Waals surface area contributed by atoms with E-state index in [0.717, 1.165) is 6.07 Å². The van der Waals surface area contributed by atoms with Crippen molar-refractivity contribution in [2.45, 2.75) is 0 Å². The average Bonchev–Trinajstić information content (AvgIpc) is 2.32. The second-order valence-electron chi connectivity index (χ2n) is 3.74. The zero-order chi connectivity index (χ0) is 13.1. The Morgan fingerprint density at radius 3 is 2.44 bits per heavy atom. The van der Waals surface area contributed by atoms with Crippen LogP contribution in [-0.2, 0) is 0 Å². The molecule has 0 saturated heterocycles. The minimum absolute atomic E-state index is 0.0859. The lowest BCUT2D eigenvalue weighted by atomic mass is 10.1. The lowest BCUT2D eigenvalue weighted by molar-refractivity contribution is 0.102. The third-order valence-corrected chi connectivity index (χ3v) is 2.36. The molecule has 0 spiro atoms. The molecule has 0 aromatic heterocycles. The Balaban J connectivity index is 2.19. The number of nitrogens with one attached hydrogen (secondary N) is 1. The molecule has 0 aliphatic carbocycles. The highest BCUT2D eigenvalue weighted by Gasteiger charge is 2.11. The first kappa shape index (κ1) is 11.9. The molecule has 2 aromatic carbocycles. The van der Waals surface area contributed by atoms with Crippen LogP contribution in [0.4, 0.5) is 15.8 Å². The number of aromatic hydroxyl groups is 1. The maximum Gasteiger partial charge on any atom is 0.258 e. The molecule has 2 rings (SSSR count). The highest BCUT2D eigenvalue weighted by atomic mass is 19.1. The van der Waals surface area contributed by atoms with Crippen LogP contribution in [0.3, 0.4) is 0 Å². The monoisotopic (exact) mass is 246 g/mol. The van der Waals surface area contributed by atoms with E-state index in [1.54, 1.807) is 0 Å². The van der Waals surface area contributed by atoms with Gasteiger partial charge in [0, 0.05) is 11.4 Å². The number of nitrogen functional groups attached to an aromatic ring is 1. The Kier molecular flexibility index (Phi) is 3.14. The standard InChI is InChI=1S/C13H11FN2O2/c14-12-7-8(15)1-6-11(12)13(18)16-9-2-4-10(17)5-3-9/h1-7,17H,15H2,(H,16,18). The van der Waals surface area contributed by atoms with Gasteiger partial charge in [-0.25, -0.2) is 4.39 Å². The van der Waals surface area contributed by atoms with E-state index in [4.69, 9.17) is 10.8 Å². The van der Waals surface area contributed by atoms with Gasteiger partial charge in [0.1, 0.15) is 11.6 Å². The second kappa shape index (κ2) is 4.75. The van der Waals surface area contributed by atoms with Crippen molar-refractivity contribution >= 4 is 17.3 Å². The molecule has 0 radical (unpaired) electrons. The minimum Gasteiger partial charge on any atom is -0.508 e. The Bertz CT molecular complexity index is 582. The first-order valence-electron chi connectivity index (χ1n) is 5.21. The van der Waals surface area contributed by atoms with Gasteiger partial charge in [-0.3, -0.25) is 4.79 Å². The van der Waals surface area contributed by atoms with Gasteiger partial charge in [-0.2, -0.15) is 0 Å². The number of hydrogen-bond acceptors (Lipinski definition) is 3. The van der Waals surface area contributed by atoms with E-state index in [-0.39, 0.29) is 17.0 Å². The molecule has 0 bridgehead atoms. The van der Waals surface area contributed by atoms with Gasteiger partial charge >= 0.3 is 0 Å². The van der Waals surface area contributed by atoms with Crippen molar-refractivity contribution in [1.82, 2.24) is 0 Å². The molecule has 1 amide bonds. The Morgan fingerprint density at radius 2 is 1.83 bits per heavy atom. The number of rotatable bonds is 2. The molecule has 0 unspecified atom stereocenters. The fraction of sp³-hybridized carbons (Fsp3) is 0. The summed E-state index contributed by atoms with van der Waals surface area (Å²) in [7, 11) is 0. The number of phenolic OH excluding ortho intramolecular Hbond substituents is 1. The molecule has 92 valence electrons. The third-order valence-electron chi connectivity index (χ3n) is 2.36. The summed E-state index contributed by atoms with van der Waals surface area (Å²) in [5.41, 5.74) is 6.04. The van der Waals surface area contributed by atoms with Crippen LogP contribution in [0.2, 0.25) is 0 Å². The fourth-order valence-corrected chi connectivity index (χ4v) is 1.46. The number of carbonyl (C=O) groups excluding carboxylic acids is 1. The number of benzene rings is 2. The van der Waals surface area contributed by atoms with Crippen LogP contribution in [0.1, 0.15) is 10.4 Å². The summed E-state index contributed by atoms with van der Waals surface area (Å²) >= 11 is 0. The summed E-state index contributed by atoms with van der Waals surface area (Å²) < 4.78 is 13.5. The largest absolute Gasteiger partial charge is 0.508 e. The summed E-state index contributed by atoms with van der Waals surface area (Å²) in [5.74, 6) is -1.16. The van der Waals surface area contributed by atoms with Crippen molar-refractivity contribution in [2.24, 2.45) is 0 Å². The third kappa shape index (κ3) is 2.57. The van der Waals surface area contributed by atoms with Crippen LogP contribution in [0.25, 0.3) is 0 Å². The van der Waals surface area contributed by atoms with Crippen LogP contribution in [0, 0.1) is 5.82 Å². The highest BCUT2D eigenvalue weighted by molar-refractivity contribution is 6.04. The summed E-state index contributed by atoms with van der Waals surface area (Å²) in [4.78, 5) is 11.8. The Morgan fingerprint density at radius 1 is 1.17 bits per heavy atom. The van der Waals surface area contributed by atoms with Crippen LogP contribution in [-0.4, -0.2) is 11.0 Å². The number of phenols is 1. The van der Waals surface area contributed by atoms with Gasteiger partial charge in [-0.1, -0.05) is 0 Å². The first-order valence-corrected chi connectivity index (χ1v) is 5.21. The van der Waals surface area contributed by atoms with E-state index in [2.05, 4.69) is 5.32 Å². The van der Waals surface area contributed by atoms with E-state index in [9.17, 15) is 9.18 Å². The quantitative estimate of drug-likeness (QED) is 0.562. The van der Waals surface area contributed by atoms with Crippen molar-refractivity contribution in [3.8, 4) is 5.75 Å². The summed E-state index contributed by atoms with van der Waals surface area (Å²) in [5, 5.41) is 11.6. The number of hydrogen-bond donors (Lipinski definition) is 3. The minimum atomic E-state index is -0.675. The van der Waals surface area contributed by atoms with Gasteiger partial charge in [0.2, 0.25) is 0 Å². The molecule has 4 nitrogen and oxygen atoms in total. The van der Waals surface area contributed by atoms with Crippen molar-refractivity contribution in [2.75, 3.05) is 11.1 Å². The van der Waals surface area contributed by atoms with Gasteiger partial charge in [0.15, 0.2) is 0 Å². The first-order chi connectivity index (χ1) is 8.56. The molecule has 0 aliphatic heterocycles. The maximum atomic E-state index is 13.5. The molecule has 0 saturated carbocycles. The highest BCUT2D eigenvalue weighted by Crippen LogP contribution is 2.17. The van der Waals surface area contributed by atoms with E-state index in [1.807, 2.05) is 0 Å². The summed E-state index contributed by atoms with van der Waals surface area (Å²) in [6.07, 6.45) is 0. The van der Waals surface area contributed by atoms with Gasteiger partial charge in [-0.15, -0.1) is 0 Å². The molecule has 0 heterocycles. The molecule has 0 atom stereocenters. The number of nitrogens with two attached hydrogens (primary N) is 1. The van der Waals surface area contributed by atoms with Crippen molar-refractivity contribution in [3.05, 3.63) is 53.8 Å². The average molecular weight is 246 g/mol. The second-order valence-corrected chi connectivity index (χ2v) is 3.74. The predicted octanol–water partition coefficient (Wildman–Crippen LogP) is 2.37. The molecule has 18 heavy (non-hydrogen) atoms. The lowest BCUT2D eigenvalue weighted by Crippen LogP contribution is -2.13. The van der Waals surface area contributed by atoms with Crippen molar-refractivity contribution < 1.29 is 14.3 Å². The topological polar surface area (TPSA) is 75.4 Å². The maximum absolute atomic E-state index is 13.5. The van der Waals surface area contributed by atoms with Crippen molar-refractivity contribution in [3.63, 3.8) is 0 Å². The van der Waals surface area contributed by atoms with Gasteiger partial charge in [0.25, 0.3) is 5.91 Å². The van der Waals surface area contributed by atoms with Gasteiger partial charge in [-0.05, 0) is 42.5 Å². The van der Waals surface area contributed by atoms with Crippen molar-refractivity contribution in [1.29, 1.82) is 0 Å². The smallest absolute Gasteiger partial charge is 0.258 e. The molecule has 2 aromatic rings. The SMILES string of the molecule is Nc1ccc(C(=O)Nc2ccc(O)cc2)c(F)c1. The lowest BCUT2D eigenvalue weighted by Gasteiger charge is -2.06. The van der Waals surface area contributed by atoms with Gasteiger partial charge < -0.3 is 16.2 Å². The molecular weight excluding hydrogens is 235 g/mol. The molecular formula is C13H11FN2O2.